The number of rotatable bonds is 5. The highest BCUT2D eigenvalue weighted by molar-refractivity contribution is 7.99. The topological polar surface area (TPSA) is 75.5 Å². The number of anilines is 1. The Bertz CT molecular complexity index is 470. The molecule has 6 nitrogen and oxygen atoms in total. The largest absolute Gasteiger partial charge is 0.481 e. The number of nitrogens with zero attached hydrogens (tertiary/aromatic N) is 3. The van der Waals surface area contributed by atoms with Crippen LogP contribution in [0.3, 0.4) is 0 Å². The van der Waals surface area contributed by atoms with E-state index < -0.39 is 5.97 Å². The van der Waals surface area contributed by atoms with Crippen LogP contribution in [0, 0.1) is 0 Å². The van der Waals surface area contributed by atoms with Gasteiger partial charge in [0.05, 0.1) is 12.5 Å². The van der Waals surface area contributed by atoms with Gasteiger partial charge in [0.25, 0.3) is 0 Å². The van der Waals surface area contributed by atoms with Crippen molar-refractivity contribution in [1.29, 1.82) is 0 Å². The van der Waals surface area contributed by atoms with Crippen molar-refractivity contribution in [2.45, 2.75) is 32.4 Å². The molecule has 0 spiro atoms. The van der Waals surface area contributed by atoms with Crippen LogP contribution >= 0.6 is 11.8 Å². The summed E-state index contributed by atoms with van der Waals surface area (Å²) in [6.45, 7) is 4.67. The van der Waals surface area contributed by atoms with Crippen LogP contribution in [-0.4, -0.2) is 51.2 Å². The maximum atomic E-state index is 11.0. The number of hydrogen-bond donors (Lipinski definition) is 1. The summed E-state index contributed by atoms with van der Waals surface area (Å²) in [5.41, 5.74) is 0. The molecule has 1 atom stereocenters. The van der Waals surface area contributed by atoms with Crippen molar-refractivity contribution in [1.82, 2.24) is 9.97 Å². The molecular formula is C13H19N3O3S. The minimum Gasteiger partial charge on any atom is -0.481 e. The second kappa shape index (κ2) is 6.78. The fraction of sp³-hybridized carbons (Fsp3) is 0.615. The Morgan fingerprint density at radius 3 is 3.10 bits per heavy atom. The van der Waals surface area contributed by atoms with E-state index in [1.807, 2.05) is 18.7 Å². The van der Waals surface area contributed by atoms with Gasteiger partial charge < -0.3 is 14.7 Å². The molecule has 1 aromatic heterocycles. The highest BCUT2D eigenvalue weighted by atomic mass is 32.2. The Morgan fingerprint density at radius 2 is 2.40 bits per heavy atom. The first-order valence-corrected chi connectivity index (χ1v) is 7.76. The lowest BCUT2D eigenvalue weighted by molar-refractivity contribution is -0.137. The van der Waals surface area contributed by atoms with Gasteiger partial charge in [-0.25, -0.2) is 9.97 Å². The molecule has 0 amide bonds. The molecule has 1 N–H and O–H groups in total. The Labute approximate surface area is 122 Å². The lowest BCUT2D eigenvalue weighted by Crippen LogP contribution is -2.44. The van der Waals surface area contributed by atoms with Crippen molar-refractivity contribution in [3.05, 3.63) is 12.4 Å². The number of aromatic nitrogens is 2. The van der Waals surface area contributed by atoms with Crippen LogP contribution in [0.4, 0.5) is 5.82 Å². The summed E-state index contributed by atoms with van der Waals surface area (Å²) in [6.07, 6.45) is 1.63. The van der Waals surface area contributed by atoms with Crippen LogP contribution < -0.4 is 9.64 Å². The third-order valence-electron chi connectivity index (χ3n) is 2.92. The fourth-order valence-electron chi connectivity index (χ4n) is 2.12. The normalized spacial score (nSPS) is 19.1. The summed E-state index contributed by atoms with van der Waals surface area (Å²) in [4.78, 5) is 21.3. The average molecular weight is 297 g/mol. The number of carboxylic acid groups (broad SMARTS) is 1. The van der Waals surface area contributed by atoms with Crippen LogP contribution in [0.1, 0.15) is 20.3 Å². The number of ether oxygens (including phenoxy) is 1. The van der Waals surface area contributed by atoms with Crippen LogP contribution in [0.25, 0.3) is 0 Å². The molecular weight excluding hydrogens is 278 g/mol. The molecule has 7 heteroatoms. The summed E-state index contributed by atoms with van der Waals surface area (Å²) < 4.78 is 5.56. The highest BCUT2D eigenvalue weighted by Crippen LogP contribution is 2.26. The van der Waals surface area contributed by atoms with Gasteiger partial charge in [-0.3, -0.25) is 4.79 Å². The summed E-state index contributed by atoms with van der Waals surface area (Å²) >= 11 is 1.78. The minimum absolute atomic E-state index is 0.0342. The highest BCUT2D eigenvalue weighted by Gasteiger charge is 2.26. The van der Waals surface area contributed by atoms with Gasteiger partial charge in [-0.1, -0.05) is 0 Å². The molecule has 0 saturated carbocycles. The molecule has 20 heavy (non-hydrogen) atoms. The van der Waals surface area contributed by atoms with Crippen LogP contribution in [-0.2, 0) is 4.79 Å². The van der Waals surface area contributed by atoms with Crippen molar-refractivity contribution in [2.75, 3.05) is 23.0 Å². The van der Waals surface area contributed by atoms with Gasteiger partial charge in [0.2, 0.25) is 5.88 Å². The van der Waals surface area contributed by atoms with Crippen LogP contribution in [0.5, 0.6) is 5.88 Å². The van der Waals surface area contributed by atoms with E-state index in [1.165, 1.54) is 6.33 Å². The number of hydrogen-bond acceptors (Lipinski definition) is 6. The molecule has 2 rings (SSSR count). The third kappa shape index (κ3) is 4.00. The first-order valence-electron chi connectivity index (χ1n) is 6.61. The average Bonchev–Trinajstić information content (AvgIpc) is 2.38. The first-order chi connectivity index (χ1) is 9.56. The second-order valence-corrected chi connectivity index (χ2v) is 6.05. The summed E-state index contributed by atoms with van der Waals surface area (Å²) in [6, 6.07) is 1.75. The van der Waals surface area contributed by atoms with E-state index in [9.17, 15) is 4.79 Å². The molecule has 110 valence electrons. The molecule has 0 radical (unpaired) electrons. The molecule has 0 aliphatic carbocycles. The quantitative estimate of drug-likeness (QED) is 0.885. The lowest BCUT2D eigenvalue weighted by atomic mass is 10.2. The maximum absolute atomic E-state index is 11.0. The van der Waals surface area contributed by atoms with Crippen molar-refractivity contribution in [3.8, 4) is 5.88 Å². The Morgan fingerprint density at radius 1 is 1.60 bits per heavy atom. The summed E-state index contributed by atoms with van der Waals surface area (Å²) in [5, 5.41) is 9.01. The van der Waals surface area contributed by atoms with E-state index in [0.29, 0.717) is 5.88 Å². The predicted octanol–water partition coefficient (Wildman–Crippen LogP) is 1.66. The van der Waals surface area contributed by atoms with Crippen LogP contribution in [0.2, 0.25) is 0 Å². The smallest absolute Gasteiger partial charge is 0.305 e. The monoisotopic (exact) mass is 297 g/mol. The minimum atomic E-state index is -0.782. The molecule has 1 aromatic rings. The second-order valence-electron chi connectivity index (χ2n) is 4.90. The molecule has 0 aromatic carbocycles. The van der Waals surface area contributed by atoms with Gasteiger partial charge in [0.15, 0.2) is 0 Å². The number of aliphatic carboxylic acids is 1. The van der Waals surface area contributed by atoms with Crippen molar-refractivity contribution >= 4 is 23.5 Å². The first kappa shape index (κ1) is 14.9. The zero-order chi connectivity index (χ0) is 14.5. The zero-order valence-electron chi connectivity index (χ0n) is 11.7. The standard InChI is InChI=1S/C13H19N3O3S/c1-9(2)19-12-6-11(14-8-15-12)16-3-4-20-7-10(16)5-13(17)18/h6,8-10H,3-5,7H2,1-2H3,(H,17,18). The lowest BCUT2D eigenvalue weighted by Gasteiger charge is -2.35. The van der Waals surface area contributed by atoms with Gasteiger partial charge >= 0.3 is 5.97 Å². The molecule has 1 saturated heterocycles. The van der Waals surface area contributed by atoms with E-state index in [4.69, 9.17) is 9.84 Å². The van der Waals surface area contributed by atoms with Gasteiger partial charge in [0.1, 0.15) is 12.1 Å². The van der Waals surface area contributed by atoms with E-state index >= 15 is 0 Å². The number of carboxylic acids is 1. The van der Waals surface area contributed by atoms with E-state index in [-0.39, 0.29) is 18.6 Å². The van der Waals surface area contributed by atoms with Gasteiger partial charge in [-0.05, 0) is 13.8 Å². The SMILES string of the molecule is CC(C)Oc1cc(N2CCSCC2CC(=O)O)ncn1. The van der Waals surface area contributed by atoms with E-state index in [2.05, 4.69) is 9.97 Å². The van der Waals surface area contributed by atoms with Gasteiger partial charge in [0, 0.05) is 30.2 Å². The molecule has 1 fully saturated rings. The number of thioether (sulfide) groups is 1. The van der Waals surface area contributed by atoms with Gasteiger partial charge in [-0.15, -0.1) is 0 Å². The predicted molar refractivity (Wildman–Crippen MR) is 78.5 cm³/mol. The third-order valence-corrected chi connectivity index (χ3v) is 4.01. The summed E-state index contributed by atoms with van der Waals surface area (Å²) in [7, 11) is 0. The molecule has 1 aliphatic rings. The molecule has 1 unspecified atom stereocenters. The maximum Gasteiger partial charge on any atom is 0.305 e. The van der Waals surface area contributed by atoms with Crippen molar-refractivity contribution < 1.29 is 14.6 Å². The van der Waals surface area contributed by atoms with Crippen LogP contribution in [0.15, 0.2) is 12.4 Å². The van der Waals surface area contributed by atoms with Crippen molar-refractivity contribution in [3.63, 3.8) is 0 Å². The fourth-order valence-corrected chi connectivity index (χ4v) is 3.18. The van der Waals surface area contributed by atoms with E-state index in [0.717, 1.165) is 23.9 Å². The Hall–Kier alpha value is -1.50. The van der Waals surface area contributed by atoms with E-state index in [1.54, 1.807) is 17.8 Å². The van der Waals surface area contributed by atoms with Gasteiger partial charge in [-0.2, -0.15) is 11.8 Å². The Kier molecular flexibility index (Phi) is 5.05. The number of carbonyl (C=O) groups is 1. The zero-order valence-corrected chi connectivity index (χ0v) is 12.5. The molecule has 0 bridgehead atoms. The molecule has 2 heterocycles. The van der Waals surface area contributed by atoms with Crippen molar-refractivity contribution in [2.24, 2.45) is 0 Å². The Balaban J connectivity index is 2.16. The summed E-state index contributed by atoms with van der Waals surface area (Å²) in [5.74, 6) is 2.26. The molecule has 1 aliphatic heterocycles.